The van der Waals surface area contributed by atoms with E-state index in [1.54, 1.807) is 0 Å². The molecule has 0 bridgehead atoms. The molecule has 1 aliphatic rings. The number of rotatable bonds is 0. The highest BCUT2D eigenvalue weighted by molar-refractivity contribution is 5.61. The van der Waals surface area contributed by atoms with Gasteiger partial charge < -0.3 is 0 Å². The van der Waals surface area contributed by atoms with Gasteiger partial charge in [-0.3, -0.25) is 0 Å². The highest BCUT2D eigenvalue weighted by Crippen LogP contribution is 2.30. The molecule has 0 unspecified atom stereocenters. The smallest absolute Gasteiger partial charge is 0.0192 e. The zero-order valence-corrected chi connectivity index (χ0v) is 5.98. The van der Waals surface area contributed by atoms with Gasteiger partial charge >= 0.3 is 0 Å². The maximum atomic E-state index is 3.79. The first-order valence-corrected chi connectivity index (χ1v) is 3.07. The van der Waals surface area contributed by atoms with Crippen LogP contribution in [0, 0.1) is 12.8 Å². The lowest BCUT2D eigenvalue weighted by Gasteiger charge is -2.19. The molecule has 0 aromatic heterocycles. The van der Waals surface area contributed by atoms with Crippen molar-refractivity contribution in [1.29, 1.82) is 0 Å². The van der Waals surface area contributed by atoms with Crippen LogP contribution in [0.4, 0.5) is 0 Å². The molecule has 0 atom stereocenters. The molecule has 0 saturated heterocycles. The summed E-state index contributed by atoms with van der Waals surface area (Å²) in [5, 5.41) is 0. The fourth-order valence-corrected chi connectivity index (χ4v) is 0.791. The minimum atomic E-state index is 0.928. The Morgan fingerprint density at radius 1 is 0.600 bits per heavy atom. The number of hydrogen-bond acceptors (Lipinski definition) is 0. The molecule has 2 radical (unpaired) electrons. The average molecular weight is 130 g/mol. The van der Waals surface area contributed by atoms with E-state index in [4.69, 9.17) is 0 Å². The van der Waals surface area contributed by atoms with Crippen LogP contribution >= 0.6 is 0 Å². The fourth-order valence-electron chi connectivity index (χ4n) is 0.791. The molecule has 0 spiro atoms. The van der Waals surface area contributed by atoms with E-state index in [2.05, 4.69) is 26.3 Å². The van der Waals surface area contributed by atoms with Crippen LogP contribution in [0.1, 0.15) is 0 Å². The van der Waals surface area contributed by atoms with Crippen molar-refractivity contribution in [1.82, 2.24) is 0 Å². The van der Waals surface area contributed by atoms with E-state index >= 15 is 0 Å². The molecule has 0 aromatic carbocycles. The highest BCUT2D eigenvalue weighted by Gasteiger charge is 2.13. The Labute approximate surface area is 62.3 Å². The zero-order valence-electron chi connectivity index (χ0n) is 5.98. The van der Waals surface area contributed by atoms with E-state index in [9.17, 15) is 0 Å². The summed E-state index contributed by atoms with van der Waals surface area (Å²) < 4.78 is 0. The van der Waals surface area contributed by atoms with Crippen molar-refractivity contribution in [3.05, 3.63) is 61.4 Å². The summed E-state index contributed by atoms with van der Waals surface area (Å²) in [7, 11) is 0. The molecular weight excluding hydrogens is 120 g/mol. The quantitative estimate of drug-likeness (QED) is 0.473. The van der Waals surface area contributed by atoms with Crippen LogP contribution in [-0.4, -0.2) is 0 Å². The third-order valence-corrected chi connectivity index (χ3v) is 1.52. The van der Waals surface area contributed by atoms with Gasteiger partial charge in [0.2, 0.25) is 0 Å². The lowest BCUT2D eigenvalue weighted by molar-refractivity contribution is 1.28. The molecule has 0 N–H and O–H groups in total. The third kappa shape index (κ3) is 1.10. The molecule has 10 heavy (non-hydrogen) atoms. The van der Waals surface area contributed by atoms with Gasteiger partial charge in [0.1, 0.15) is 0 Å². The summed E-state index contributed by atoms with van der Waals surface area (Å²) in [5.41, 5.74) is 3.71. The lowest BCUT2D eigenvalue weighted by atomic mass is 9.85. The monoisotopic (exact) mass is 130 g/mol. The molecule has 1 saturated carbocycles. The SMILES string of the molecule is C=C1[CH]C(=C)C(=C)[CH]C1=C. The van der Waals surface area contributed by atoms with E-state index in [1.165, 1.54) is 0 Å². The molecule has 1 rings (SSSR count). The van der Waals surface area contributed by atoms with E-state index in [0.29, 0.717) is 0 Å². The molecule has 50 valence electrons. The minimum absolute atomic E-state index is 0.928. The molecule has 0 nitrogen and oxygen atoms in total. The molecule has 0 aromatic rings. The Hall–Kier alpha value is -1.04. The van der Waals surface area contributed by atoms with Crippen LogP contribution < -0.4 is 0 Å². The molecule has 1 aliphatic carbocycles. The lowest BCUT2D eigenvalue weighted by Crippen LogP contribution is -2.02. The van der Waals surface area contributed by atoms with E-state index in [0.717, 1.165) is 22.3 Å². The van der Waals surface area contributed by atoms with Crippen molar-refractivity contribution in [3.63, 3.8) is 0 Å². The van der Waals surface area contributed by atoms with Gasteiger partial charge in [-0.2, -0.15) is 0 Å². The summed E-state index contributed by atoms with van der Waals surface area (Å²) in [6.07, 6.45) is 3.79. The Kier molecular flexibility index (Phi) is 1.62. The topological polar surface area (TPSA) is 0 Å². The molecule has 0 aliphatic heterocycles. The average Bonchev–Trinajstić information content (AvgIpc) is 1.84. The Balaban J connectivity index is 2.82. The van der Waals surface area contributed by atoms with Crippen LogP contribution in [0.25, 0.3) is 0 Å². The van der Waals surface area contributed by atoms with Crippen LogP contribution in [0.5, 0.6) is 0 Å². The van der Waals surface area contributed by atoms with Crippen LogP contribution in [0.15, 0.2) is 48.6 Å². The minimum Gasteiger partial charge on any atom is -0.0949 e. The van der Waals surface area contributed by atoms with E-state index in [-0.39, 0.29) is 0 Å². The van der Waals surface area contributed by atoms with Crippen molar-refractivity contribution in [3.8, 4) is 0 Å². The second-order valence-corrected chi connectivity index (χ2v) is 2.39. The predicted molar refractivity (Wildman–Crippen MR) is 45.2 cm³/mol. The largest absolute Gasteiger partial charge is 0.0949 e. The summed E-state index contributed by atoms with van der Waals surface area (Å²) in [6.45, 7) is 15.2. The first kappa shape index (κ1) is 7.07. The van der Waals surface area contributed by atoms with Crippen LogP contribution in [0.2, 0.25) is 0 Å². The van der Waals surface area contributed by atoms with Crippen molar-refractivity contribution >= 4 is 0 Å². The zero-order chi connectivity index (χ0) is 7.72. The van der Waals surface area contributed by atoms with Crippen molar-refractivity contribution in [2.24, 2.45) is 0 Å². The van der Waals surface area contributed by atoms with Gasteiger partial charge in [0.05, 0.1) is 0 Å². The summed E-state index contributed by atoms with van der Waals surface area (Å²) in [6, 6.07) is 0. The Morgan fingerprint density at radius 2 is 0.800 bits per heavy atom. The standard InChI is InChI=1S/C10H10/c1-7-5-9(3)10(4)6-8(7)2/h5-6H,1-4H2. The summed E-state index contributed by atoms with van der Waals surface area (Å²) in [4.78, 5) is 0. The van der Waals surface area contributed by atoms with Gasteiger partial charge in [0.15, 0.2) is 0 Å². The fraction of sp³-hybridized carbons (Fsp3) is 0. The Bertz CT molecular complexity index is 178. The van der Waals surface area contributed by atoms with E-state index < -0.39 is 0 Å². The molecule has 0 heterocycles. The first-order chi connectivity index (χ1) is 4.61. The van der Waals surface area contributed by atoms with E-state index in [1.807, 2.05) is 12.8 Å². The van der Waals surface area contributed by atoms with Gasteiger partial charge in [-0.1, -0.05) is 26.3 Å². The van der Waals surface area contributed by atoms with Gasteiger partial charge in [0.25, 0.3) is 0 Å². The van der Waals surface area contributed by atoms with Crippen molar-refractivity contribution in [2.75, 3.05) is 0 Å². The van der Waals surface area contributed by atoms with Crippen molar-refractivity contribution in [2.45, 2.75) is 0 Å². The highest BCUT2D eigenvalue weighted by atomic mass is 14.2. The van der Waals surface area contributed by atoms with Crippen LogP contribution in [0.3, 0.4) is 0 Å². The number of hydrogen-bond donors (Lipinski definition) is 0. The molecule has 0 heteroatoms. The van der Waals surface area contributed by atoms with Crippen molar-refractivity contribution < 1.29 is 0 Å². The predicted octanol–water partition coefficient (Wildman–Crippen LogP) is 2.63. The maximum Gasteiger partial charge on any atom is 0.0192 e. The Morgan fingerprint density at radius 3 is 1.00 bits per heavy atom. The third-order valence-electron chi connectivity index (χ3n) is 1.52. The maximum absolute atomic E-state index is 3.79. The number of allylic oxidation sites excluding steroid dienone is 4. The van der Waals surface area contributed by atoms with Gasteiger partial charge in [-0.05, 0) is 22.3 Å². The second kappa shape index (κ2) is 2.30. The molecular formula is C10H10. The second-order valence-electron chi connectivity index (χ2n) is 2.39. The van der Waals surface area contributed by atoms with Gasteiger partial charge in [-0.25, -0.2) is 0 Å². The van der Waals surface area contributed by atoms with Gasteiger partial charge in [-0.15, -0.1) is 0 Å². The molecule has 0 amide bonds. The summed E-state index contributed by atoms with van der Waals surface area (Å²) >= 11 is 0. The van der Waals surface area contributed by atoms with Gasteiger partial charge in [0, 0.05) is 12.8 Å². The first-order valence-electron chi connectivity index (χ1n) is 3.07. The molecule has 1 fully saturated rings. The normalized spacial score (nSPS) is 20.0. The van der Waals surface area contributed by atoms with Crippen LogP contribution in [-0.2, 0) is 0 Å². The summed E-state index contributed by atoms with van der Waals surface area (Å²) in [5.74, 6) is 0.